The molecule has 0 spiro atoms. The summed E-state index contributed by atoms with van der Waals surface area (Å²) in [5.74, 6) is 1.34. The van der Waals surface area contributed by atoms with E-state index in [1.54, 1.807) is 7.11 Å². The van der Waals surface area contributed by atoms with Gasteiger partial charge >= 0.3 is 0 Å². The molecule has 1 aliphatic carbocycles. The Kier molecular flexibility index (Phi) is 5.62. The highest BCUT2D eigenvalue weighted by atomic mass is 79.9. The van der Waals surface area contributed by atoms with Crippen molar-refractivity contribution in [1.82, 2.24) is 5.32 Å². The van der Waals surface area contributed by atoms with Gasteiger partial charge in [0.25, 0.3) is 0 Å². The predicted molar refractivity (Wildman–Crippen MR) is 88.9 cm³/mol. The molecule has 2 N–H and O–H groups in total. The average molecular weight is 352 g/mol. The van der Waals surface area contributed by atoms with Crippen LogP contribution in [-0.4, -0.2) is 25.4 Å². The van der Waals surface area contributed by atoms with E-state index in [0.717, 1.165) is 28.8 Å². The van der Waals surface area contributed by atoms with Gasteiger partial charge < -0.3 is 15.2 Å². The largest absolute Gasteiger partial charge is 0.497 e. The molecule has 0 heterocycles. The minimum atomic E-state index is -0.442. The molecular weight excluding hydrogens is 330 g/mol. The Balaban J connectivity index is 2.00. The number of halogens is 1. The second-order valence-corrected chi connectivity index (χ2v) is 6.46. The molecule has 0 amide bonds. The minimum Gasteiger partial charge on any atom is -0.497 e. The van der Waals surface area contributed by atoms with E-state index >= 15 is 0 Å². The SMILES string of the molecule is COC1=CCC(CNC(C)(CO)c2cccc(Br)c2)C=C1. The fourth-order valence-corrected chi connectivity index (χ4v) is 2.78. The minimum absolute atomic E-state index is 0.0546. The van der Waals surface area contributed by atoms with Crippen LogP contribution in [0.25, 0.3) is 0 Å². The summed E-state index contributed by atoms with van der Waals surface area (Å²) in [7, 11) is 1.69. The van der Waals surface area contributed by atoms with Gasteiger partial charge in [0, 0.05) is 11.0 Å². The Hall–Kier alpha value is -1.10. The van der Waals surface area contributed by atoms with Gasteiger partial charge in [0.1, 0.15) is 5.76 Å². The van der Waals surface area contributed by atoms with E-state index < -0.39 is 5.54 Å². The molecule has 0 saturated heterocycles. The molecule has 114 valence electrons. The van der Waals surface area contributed by atoms with Gasteiger partial charge in [-0.25, -0.2) is 0 Å². The monoisotopic (exact) mass is 351 g/mol. The lowest BCUT2D eigenvalue weighted by Crippen LogP contribution is -2.45. The van der Waals surface area contributed by atoms with E-state index in [-0.39, 0.29) is 6.61 Å². The Bertz CT molecular complexity index is 541. The van der Waals surface area contributed by atoms with E-state index in [1.807, 2.05) is 37.3 Å². The van der Waals surface area contributed by atoms with Gasteiger partial charge in [-0.1, -0.05) is 34.1 Å². The molecule has 21 heavy (non-hydrogen) atoms. The van der Waals surface area contributed by atoms with Gasteiger partial charge in [0.15, 0.2) is 0 Å². The van der Waals surface area contributed by atoms with Crippen molar-refractivity contribution in [3.63, 3.8) is 0 Å². The summed E-state index contributed by atoms with van der Waals surface area (Å²) in [5, 5.41) is 13.3. The van der Waals surface area contributed by atoms with Crippen molar-refractivity contribution in [2.45, 2.75) is 18.9 Å². The van der Waals surface area contributed by atoms with E-state index in [2.05, 4.69) is 33.4 Å². The molecule has 0 fully saturated rings. The van der Waals surface area contributed by atoms with E-state index in [9.17, 15) is 5.11 Å². The van der Waals surface area contributed by atoms with Crippen molar-refractivity contribution in [3.8, 4) is 0 Å². The summed E-state index contributed by atoms with van der Waals surface area (Å²) in [6.45, 7) is 2.89. The van der Waals surface area contributed by atoms with Crippen LogP contribution >= 0.6 is 15.9 Å². The molecule has 1 aliphatic rings. The molecule has 2 rings (SSSR count). The first-order valence-corrected chi connectivity index (χ1v) is 7.91. The van der Waals surface area contributed by atoms with Gasteiger partial charge in [0.05, 0.1) is 19.3 Å². The standard InChI is InChI=1S/C17H22BrNO2/c1-17(12-20,14-4-3-5-15(18)10-14)19-11-13-6-8-16(21-2)9-7-13/h3-6,8-10,13,19-20H,7,11-12H2,1-2H3. The maximum atomic E-state index is 9.81. The van der Waals surface area contributed by atoms with Crippen LogP contribution < -0.4 is 5.32 Å². The maximum Gasteiger partial charge on any atom is 0.114 e. The van der Waals surface area contributed by atoms with Crippen LogP contribution in [0.4, 0.5) is 0 Å². The average Bonchev–Trinajstić information content (AvgIpc) is 2.53. The van der Waals surface area contributed by atoms with Crippen molar-refractivity contribution in [2.75, 3.05) is 20.3 Å². The highest BCUT2D eigenvalue weighted by molar-refractivity contribution is 9.10. The van der Waals surface area contributed by atoms with Gasteiger partial charge in [-0.2, -0.15) is 0 Å². The third kappa shape index (κ3) is 4.19. The van der Waals surface area contributed by atoms with E-state index in [4.69, 9.17) is 4.74 Å². The molecule has 1 aromatic rings. The number of rotatable bonds is 6. The van der Waals surface area contributed by atoms with Gasteiger partial charge in [-0.15, -0.1) is 0 Å². The first-order valence-electron chi connectivity index (χ1n) is 7.11. The van der Waals surface area contributed by atoms with Gasteiger partial charge in [-0.05, 0) is 49.1 Å². The van der Waals surface area contributed by atoms with Crippen LogP contribution in [0.3, 0.4) is 0 Å². The smallest absolute Gasteiger partial charge is 0.114 e. The van der Waals surface area contributed by atoms with Crippen LogP contribution in [0.15, 0.2) is 52.7 Å². The quantitative estimate of drug-likeness (QED) is 0.825. The predicted octanol–water partition coefficient (Wildman–Crippen LogP) is 3.35. The zero-order valence-electron chi connectivity index (χ0n) is 12.5. The number of methoxy groups -OCH3 is 1. The fraction of sp³-hybridized carbons (Fsp3) is 0.412. The molecule has 0 saturated carbocycles. The zero-order chi connectivity index (χ0) is 15.3. The highest BCUT2D eigenvalue weighted by Gasteiger charge is 2.26. The molecule has 1 aromatic carbocycles. The molecule has 0 aromatic heterocycles. The summed E-state index contributed by atoms with van der Waals surface area (Å²) in [6, 6.07) is 8.06. The van der Waals surface area contributed by atoms with Gasteiger partial charge in [0.2, 0.25) is 0 Å². The highest BCUT2D eigenvalue weighted by Crippen LogP contribution is 2.25. The fourth-order valence-electron chi connectivity index (χ4n) is 2.39. The number of hydrogen-bond acceptors (Lipinski definition) is 3. The van der Waals surface area contributed by atoms with Crippen molar-refractivity contribution in [1.29, 1.82) is 0 Å². The van der Waals surface area contributed by atoms with E-state index in [1.165, 1.54) is 0 Å². The molecule has 0 radical (unpaired) electrons. The summed E-state index contributed by atoms with van der Waals surface area (Å²) >= 11 is 3.48. The Labute approximate surface area is 134 Å². The van der Waals surface area contributed by atoms with Crippen molar-refractivity contribution >= 4 is 15.9 Å². The van der Waals surface area contributed by atoms with Crippen LogP contribution in [0.2, 0.25) is 0 Å². The van der Waals surface area contributed by atoms with Gasteiger partial charge in [-0.3, -0.25) is 0 Å². The Morgan fingerprint density at radius 2 is 2.29 bits per heavy atom. The van der Waals surface area contributed by atoms with E-state index in [0.29, 0.717) is 5.92 Å². The number of benzene rings is 1. The number of allylic oxidation sites excluding steroid dienone is 2. The molecule has 2 atom stereocenters. The number of aliphatic hydroxyl groups excluding tert-OH is 1. The normalized spacial score (nSPS) is 20.8. The number of nitrogens with one attached hydrogen (secondary N) is 1. The lowest BCUT2D eigenvalue weighted by Gasteiger charge is -2.31. The molecule has 0 bridgehead atoms. The lowest BCUT2D eigenvalue weighted by atomic mass is 9.91. The second-order valence-electron chi connectivity index (χ2n) is 5.55. The first kappa shape index (κ1) is 16.3. The zero-order valence-corrected chi connectivity index (χ0v) is 14.1. The summed E-state index contributed by atoms with van der Waals surface area (Å²) < 4.78 is 6.22. The summed E-state index contributed by atoms with van der Waals surface area (Å²) in [6.07, 6.45) is 7.21. The number of ether oxygens (including phenoxy) is 1. The van der Waals surface area contributed by atoms with Crippen LogP contribution in [0.5, 0.6) is 0 Å². The lowest BCUT2D eigenvalue weighted by molar-refractivity contribution is 0.171. The van der Waals surface area contributed by atoms with Crippen LogP contribution in [0, 0.1) is 5.92 Å². The molecule has 4 heteroatoms. The van der Waals surface area contributed by atoms with Crippen LogP contribution in [0.1, 0.15) is 18.9 Å². The Morgan fingerprint density at radius 1 is 1.48 bits per heavy atom. The van der Waals surface area contributed by atoms with Crippen molar-refractivity contribution in [3.05, 3.63) is 58.3 Å². The second kappa shape index (κ2) is 7.25. The maximum absolute atomic E-state index is 9.81. The molecule has 0 aliphatic heterocycles. The first-order chi connectivity index (χ1) is 10.1. The number of hydrogen-bond donors (Lipinski definition) is 2. The molecular formula is C17H22BrNO2. The van der Waals surface area contributed by atoms with Crippen LogP contribution in [-0.2, 0) is 10.3 Å². The third-order valence-electron chi connectivity index (χ3n) is 3.92. The topological polar surface area (TPSA) is 41.5 Å². The van der Waals surface area contributed by atoms with Crippen molar-refractivity contribution < 1.29 is 9.84 Å². The summed E-state index contributed by atoms with van der Waals surface area (Å²) in [5.41, 5.74) is 0.635. The third-order valence-corrected chi connectivity index (χ3v) is 4.42. The molecule has 3 nitrogen and oxygen atoms in total. The summed E-state index contributed by atoms with van der Waals surface area (Å²) in [4.78, 5) is 0. The molecule has 2 unspecified atom stereocenters. The van der Waals surface area contributed by atoms with Crippen molar-refractivity contribution in [2.24, 2.45) is 5.92 Å². The number of aliphatic hydroxyl groups is 1. The Morgan fingerprint density at radius 3 is 2.86 bits per heavy atom.